The zero-order valence-corrected chi connectivity index (χ0v) is 20.0. The zero-order valence-electron chi connectivity index (χ0n) is 20.0. The highest BCUT2D eigenvalue weighted by Crippen LogP contribution is 2.36. The Kier molecular flexibility index (Phi) is 10.2. The number of esters is 1. The van der Waals surface area contributed by atoms with Crippen LogP contribution in [0.2, 0.25) is 0 Å². The van der Waals surface area contributed by atoms with Crippen LogP contribution in [0.4, 0.5) is 4.79 Å². The molecule has 2 saturated heterocycles. The van der Waals surface area contributed by atoms with Gasteiger partial charge in [0.1, 0.15) is 31.0 Å². The maximum Gasteiger partial charge on any atom is 0.407 e. The van der Waals surface area contributed by atoms with Gasteiger partial charge in [-0.25, -0.2) is 9.59 Å². The van der Waals surface area contributed by atoms with E-state index in [1.807, 2.05) is 30.3 Å². The maximum absolute atomic E-state index is 12.5. The normalized spacial score (nSPS) is 28.7. The molecule has 192 valence electrons. The fraction of sp³-hybridized carbons (Fsp3) is 0.520. The molecule has 2 fully saturated rings. The first kappa shape index (κ1) is 26.8. The third-order valence-electron chi connectivity index (χ3n) is 5.39. The number of fused-ring (bicyclic) bond motifs is 1. The van der Waals surface area contributed by atoms with Gasteiger partial charge < -0.3 is 38.5 Å². The highest BCUT2D eigenvalue weighted by Gasteiger charge is 2.52. The summed E-state index contributed by atoms with van der Waals surface area (Å²) in [6.07, 6.45) is -2.49. The van der Waals surface area contributed by atoms with Crippen LogP contribution in [0.5, 0.6) is 0 Å². The molecule has 10 heteroatoms. The van der Waals surface area contributed by atoms with Gasteiger partial charge in [-0.2, -0.15) is 0 Å². The minimum Gasteiger partial charge on any atom is -0.464 e. The van der Waals surface area contributed by atoms with Crippen LogP contribution in [0.1, 0.15) is 25.7 Å². The van der Waals surface area contributed by atoms with E-state index in [-0.39, 0.29) is 26.4 Å². The van der Waals surface area contributed by atoms with Crippen molar-refractivity contribution in [3.05, 3.63) is 61.2 Å². The van der Waals surface area contributed by atoms with Crippen molar-refractivity contribution in [2.45, 2.75) is 56.9 Å². The number of carbonyl (C=O) groups is 2. The monoisotopic (exact) mass is 491 g/mol. The molecule has 2 aliphatic rings. The van der Waals surface area contributed by atoms with Gasteiger partial charge in [0.25, 0.3) is 0 Å². The van der Waals surface area contributed by atoms with Crippen LogP contribution in [0, 0.1) is 0 Å². The number of benzene rings is 1. The number of hydrogen-bond acceptors (Lipinski definition) is 9. The third kappa shape index (κ3) is 7.12. The van der Waals surface area contributed by atoms with E-state index in [2.05, 4.69) is 18.5 Å². The van der Waals surface area contributed by atoms with Gasteiger partial charge in [-0.15, -0.1) is 6.58 Å². The van der Waals surface area contributed by atoms with Crippen molar-refractivity contribution in [2.24, 2.45) is 0 Å². The predicted molar refractivity (Wildman–Crippen MR) is 124 cm³/mol. The summed E-state index contributed by atoms with van der Waals surface area (Å²) >= 11 is 0. The Morgan fingerprint density at radius 3 is 2.57 bits per heavy atom. The molecule has 0 spiro atoms. The van der Waals surface area contributed by atoms with Gasteiger partial charge in [-0.1, -0.05) is 49.1 Å². The fourth-order valence-corrected chi connectivity index (χ4v) is 3.83. The molecule has 0 radical (unpaired) electrons. The Labute approximate surface area is 205 Å². The van der Waals surface area contributed by atoms with Crippen LogP contribution in [0.3, 0.4) is 0 Å². The number of rotatable bonds is 11. The molecule has 1 amide bonds. The van der Waals surface area contributed by atoms with Crippen LogP contribution in [0.25, 0.3) is 0 Å². The number of carbonyl (C=O) groups excluding carboxylic acids is 2. The summed E-state index contributed by atoms with van der Waals surface area (Å²) in [5.74, 6) is -0.543. The molecular weight excluding hydrogens is 458 g/mol. The fourth-order valence-electron chi connectivity index (χ4n) is 3.83. The molecule has 2 aliphatic heterocycles. The number of alkyl carbamates (subject to hydrolysis) is 1. The van der Waals surface area contributed by atoms with E-state index in [0.29, 0.717) is 0 Å². The second-order valence-electron chi connectivity index (χ2n) is 7.89. The molecule has 35 heavy (non-hydrogen) atoms. The van der Waals surface area contributed by atoms with Crippen molar-refractivity contribution in [3.8, 4) is 0 Å². The lowest BCUT2D eigenvalue weighted by atomic mass is 9.95. The number of amides is 1. The lowest BCUT2D eigenvalue weighted by Gasteiger charge is -2.49. The van der Waals surface area contributed by atoms with E-state index in [1.54, 1.807) is 19.9 Å². The number of hydrogen-bond donors (Lipinski definition) is 1. The molecule has 3 rings (SSSR count). The van der Waals surface area contributed by atoms with Crippen LogP contribution < -0.4 is 5.32 Å². The molecule has 10 nitrogen and oxygen atoms in total. The highest BCUT2D eigenvalue weighted by atomic mass is 16.8. The summed E-state index contributed by atoms with van der Waals surface area (Å²) < 4.78 is 40.4. The molecule has 1 aromatic rings. The Hall–Kier alpha value is -2.76. The van der Waals surface area contributed by atoms with Crippen molar-refractivity contribution in [3.63, 3.8) is 0 Å². The molecule has 1 N–H and O–H groups in total. The average molecular weight is 492 g/mol. The van der Waals surface area contributed by atoms with E-state index in [0.717, 1.165) is 5.56 Å². The lowest BCUT2D eigenvalue weighted by Crippen LogP contribution is -2.68. The van der Waals surface area contributed by atoms with Crippen molar-refractivity contribution in [1.82, 2.24) is 5.32 Å². The third-order valence-corrected chi connectivity index (χ3v) is 5.39. The summed E-state index contributed by atoms with van der Waals surface area (Å²) in [6.45, 7) is 11.0. The summed E-state index contributed by atoms with van der Waals surface area (Å²) in [5, 5.41) is 2.74. The topological polar surface area (TPSA) is 111 Å². The summed E-state index contributed by atoms with van der Waals surface area (Å²) in [7, 11) is 0. The first-order chi connectivity index (χ1) is 17.0. The maximum atomic E-state index is 12.5. The van der Waals surface area contributed by atoms with Gasteiger partial charge in [0.15, 0.2) is 18.7 Å². The minimum absolute atomic E-state index is 0.00875. The molecule has 0 aromatic heterocycles. The molecule has 4 unspecified atom stereocenters. The number of nitrogens with one attached hydrogen (secondary N) is 1. The second kappa shape index (κ2) is 13.4. The van der Waals surface area contributed by atoms with Crippen LogP contribution >= 0.6 is 0 Å². The molecule has 1 aromatic carbocycles. The first-order valence-corrected chi connectivity index (χ1v) is 11.5. The van der Waals surface area contributed by atoms with E-state index >= 15 is 0 Å². The smallest absolute Gasteiger partial charge is 0.407 e. The van der Waals surface area contributed by atoms with Crippen molar-refractivity contribution in [1.29, 1.82) is 0 Å². The summed E-state index contributed by atoms with van der Waals surface area (Å²) in [5.41, 5.74) is 0.808. The van der Waals surface area contributed by atoms with Crippen molar-refractivity contribution >= 4 is 12.1 Å². The Morgan fingerprint density at radius 1 is 1.14 bits per heavy atom. The van der Waals surface area contributed by atoms with Crippen molar-refractivity contribution in [2.75, 3.05) is 26.4 Å². The summed E-state index contributed by atoms with van der Waals surface area (Å²) in [4.78, 5) is 24.9. The summed E-state index contributed by atoms with van der Waals surface area (Å²) in [6, 6.07) is 8.51. The van der Waals surface area contributed by atoms with Crippen LogP contribution in [-0.2, 0) is 38.0 Å². The van der Waals surface area contributed by atoms with Crippen molar-refractivity contribution < 1.29 is 42.7 Å². The molecular formula is C25H33NO9. The average Bonchev–Trinajstić information content (AvgIpc) is 2.87. The van der Waals surface area contributed by atoms with E-state index in [9.17, 15) is 9.59 Å². The minimum atomic E-state index is -0.953. The van der Waals surface area contributed by atoms with Gasteiger partial charge in [0, 0.05) is 5.56 Å². The first-order valence-electron chi connectivity index (χ1n) is 11.5. The van der Waals surface area contributed by atoms with Gasteiger partial charge in [0.2, 0.25) is 0 Å². The van der Waals surface area contributed by atoms with Gasteiger partial charge >= 0.3 is 12.1 Å². The standard InChI is InChI=1S/C25H33NO9/c1-5-13-30-24-19(26-25(28)31-14-6-2)21(33-16(4)22(27)29-7-3)20-18(34-24)15-32-23(35-20)17-11-9-8-10-12-17/h5-6,8-12,16,18-21,23-24H,1-2,7,13-15H2,3-4H3,(H,26,28)/t16-,18?,19?,20-,21?,23?,24+/m1/s1. The Morgan fingerprint density at radius 2 is 1.89 bits per heavy atom. The Balaban J connectivity index is 1.89. The Bertz CT molecular complexity index is 849. The SMILES string of the molecule is C=CCOC(=O)NC1C(O[C@H](C)C(=O)OCC)[C@@H]2OC(c3ccccc3)OCC2O[C@@H]1OCC=C. The molecule has 0 bridgehead atoms. The largest absolute Gasteiger partial charge is 0.464 e. The van der Waals surface area contributed by atoms with Gasteiger partial charge in [-0.3, -0.25) is 0 Å². The van der Waals surface area contributed by atoms with E-state index in [1.165, 1.54) is 6.08 Å². The van der Waals surface area contributed by atoms with Gasteiger partial charge in [-0.05, 0) is 13.8 Å². The molecule has 2 heterocycles. The van der Waals surface area contributed by atoms with E-state index in [4.69, 9.17) is 33.2 Å². The molecule has 0 saturated carbocycles. The highest BCUT2D eigenvalue weighted by molar-refractivity contribution is 5.74. The van der Waals surface area contributed by atoms with E-state index < -0.39 is 55.1 Å². The predicted octanol–water partition coefficient (Wildman–Crippen LogP) is 2.65. The van der Waals surface area contributed by atoms with Crippen LogP contribution in [-0.4, -0.2) is 75.2 Å². The number of ether oxygens (including phenoxy) is 7. The van der Waals surface area contributed by atoms with Crippen LogP contribution in [0.15, 0.2) is 55.6 Å². The molecule has 7 atom stereocenters. The second-order valence-corrected chi connectivity index (χ2v) is 7.89. The lowest BCUT2D eigenvalue weighted by molar-refractivity contribution is -0.349. The van der Waals surface area contributed by atoms with Gasteiger partial charge in [0.05, 0.1) is 19.8 Å². The molecule has 0 aliphatic carbocycles. The zero-order chi connectivity index (χ0) is 25.2. The quantitative estimate of drug-likeness (QED) is 0.369.